The lowest BCUT2D eigenvalue weighted by molar-refractivity contribution is -0.143. The van der Waals surface area contributed by atoms with E-state index in [0.29, 0.717) is 35.8 Å². The highest BCUT2D eigenvalue weighted by atomic mass is 32.2. The Hall–Kier alpha value is -2.88. The van der Waals surface area contributed by atoms with E-state index in [1.54, 1.807) is 31.4 Å². The summed E-state index contributed by atoms with van der Waals surface area (Å²) in [5, 5.41) is 7.02. The molecule has 29 heavy (non-hydrogen) atoms. The summed E-state index contributed by atoms with van der Waals surface area (Å²) in [6.45, 7) is 1.10. The second kappa shape index (κ2) is 7.51. The molecule has 0 radical (unpaired) electrons. The van der Waals surface area contributed by atoms with Gasteiger partial charge in [-0.2, -0.15) is 5.10 Å². The molecule has 1 aromatic carbocycles. The number of nitrogens with one attached hydrogen (secondary N) is 1. The second-order valence-corrected chi connectivity index (χ2v) is 9.29. The highest BCUT2D eigenvalue weighted by Gasteiger charge is 2.34. The first-order chi connectivity index (χ1) is 13.9. The number of rotatable bonds is 3. The summed E-state index contributed by atoms with van der Waals surface area (Å²) >= 11 is 0. The monoisotopic (exact) mass is 418 g/mol. The van der Waals surface area contributed by atoms with Gasteiger partial charge in [0.15, 0.2) is 9.84 Å². The number of likely N-dealkylation sites (tertiary alicyclic amines) is 1. The first-order valence-corrected chi connectivity index (χ1v) is 11.3. The number of amides is 2. The summed E-state index contributed by atoms with van der Waals surface area (Å²) in [5.74, 6) is -0.917. The molecule has 2 aromatic rings. The summed E-state index contributed by atoms with van der Waals surface area (Å²) in [6.07, 6.45) is 2.79. The van der Waals surface area contributed by atoms with Crippen LogP contribution in [0.15, 0.2) is 24.3 Å². The molecule has 1 fully saturated rings. The molecule has 4 rings (SSSR count). The van der Waals surface area contributed by atoms with E-state index in [4.69, 9.17) is 4.74 Å². The first-order valence-electron chi connectivity index (χ1n) is 9.44. The van der Waals surface area contributed by atoms with Crippen molar-refractivity contribution in [1.82, 2.24) is 14.7 Å². The Morgan fingerprint density at radius 2 is 1.76 bits per heavy atom. The fourth-order valence-corrected chi connectivity index (χ4v) is 5.18. The minimum Gasteiger partial charge on any atom is -0.497 e. The van der Waals surface area contributed by atoms with E-state index in [0.717, 1.165) is 19.3 Å². The zero-order valence-electron chi connectivity index (χ0n) is 16.1. The molecular formula is C19H22N4O5S. The van der Waals surface area contributed by atoms with E-state index in [9.17, 15) is 18.0 Å². The first kappa shape index (κ1) is 19.4. The van der Waals surface area contributed by atoms with E-state index >= 15 is 0 Å². The number of ether oxygens (including phenoxy) is 1. The van der Waals surface area contributed by atoms with Gasteiger partial charge in [0.05, 0.1) is 30.0 Å². The van der Waals surface area contributed by atoms with Crippen molar-refractivity contribution in [2.24, 2.45) is 0 Å². The second-order valence-electron chi connectivity index (χ2n) is 7.22. The summed E-state index contributed by atoms with van der Waals surface area (Å²) in [7, 11) is -1.76. The highest BCUT2D eigenvalue weighted by molar-refractivity contribution is 7.90. The van der Waals surface area contributed by atoms with E-state index < -0.39 is 21.7 Å². The molecule has 2 aliphatic heterocycles. The van der Waals surface area contributed by atoms with Crippen LogP contribution in [0.5, 0.6) is 5.75 Å². The van der Waals surface area contributed by atoms with Crippen molar-refractivity contribution >= 4 is 27.5 Å². The maximum atomic E-state index is 12.6. The third kappa shape index (κ3) is 3.84. The Kier molecular flexibility index (Phi) is 5.03. The van der Waals surface area contributed by atoms with Crippen molar-refractivity contribution in [3.8, 4) is 11.4 Å². The number of nitrogens with zero attached hydrogens (tertiary/aromatic N) is 3. The number of carbonyl (C=O) groups excluding carboxylic acids is 2. The molecule has 2 aliphatic rings. The summed E-state index contributed by atoms with van der Waals surface area (Å²) in [5.41, 5.74) is 1.44. The van der Waals surface area contributed by atoms with Gasteiger partial charge in [0.2, 0.25) is 0 Å². The number of anilines is 1. The van der Waals surface area contributed by atoms with E-state index in [1.165, 1.54) is 9.58 Å². The molecule has 154 valence electrons. The smallest absolute Gasteiger partial charge is 0.315 e. The van der Waals surface area contributed by atoms with Crippen molar-refractivity contribution in [3.05, 3.63) is 35.5 Å². The summed E-state index contributed by atoms with van der Waals surface area (Å²) in [4.78, 5) is 26.7. The zero-order chi connectivity index (χ0) is 20.6. The maximum absolute atomic E-state index is 12.6. The van der Waals surface area contributed by atoms with Crippen LogP contribution in [0.3, 0.4) is 0 Å². The van der Waals surface area contributed by atoms with E-state index in [1.807, 2.05) is 0 Å². The molecule has 2 amide bonds. The lowest BCUT2D eigenvalue weighted by atomic mass is 10.1. The van der Waals surface area contributed by atoms with Crippen LogP contribution in [0, 0.1) is 0 Å². The predicted molar refractivity (Wildman–Crippen MR) is 106 cm³/mol. The Balaban J connectivity index is 1.67. The third-order valence-corrected chi connectivity index (χ3v) is 6.62. The van der Waals surface area contributed by atoms with Gasteiger partial charge in [0.1, 0.15) is 11.6 Å². The van der Waals surface area contributed by atoms with Crippen LogP contribution in [-0.4, -0.2) is 55.1 Å². The third-order valence-electron chi connectivity index (χ3n) is 5.17. The Bertz CT molecular complexity index is 1050. The number of methoxy groups -OCH3 is 1. The fourth-order valence-electron chi connectivity index (χ4n) is 3.68. The van der Waals surface area contributed by atoms with Crippen molar-refractivity contribution in [2.45, 2.75) is 30.8 Å². The van der Waals surface area contributed by atoms with Gasteiger partial charge < -0.3 is 15.0 Å². The van der Waals surface area contributed by atoms with Gasteiger partial charge >= 0.3 is 11.8 Å². The molecule has 1 N–H and O–H groups in total. The molecule has 0 unspecified atom stereocenters. The quantitative estimate of drug-likeness (QED) is 0.752. The van der Waals surface area contributed by atoms with Crippen LogP contribution in [0.1, 0.15) is 30.5 Å². The molecule has 1 aromatic heterocycles. The number of sulfone groups is 1. The average Bonchev–Trinajstić information content (AvgIpc) is 3.20. The molecular weight excluding hydrogens is 396 g/mol. The molecule has 0 saturated carbocycles. The standard InChI is InChI=1S/C19H22N4O5S/c1-28-14-7-5-13(6-8-14)23-17(15-11-29(26,27)12-16(15)21-23)20-18(24)19(25)22-9-3-2-4-10-22/h5-8H,2-4,9-12H2,1H3,(H,20,24). The average molecular weight is 418 g/mol. The van der Waals surface area contributed by atoms with Crippen LogP contribution in [-0.2, 0) is 30.9 Å². The van der Waals surface area contributed by atoms with Crippen molar-refractivity contribution in [1.29, 1.82) is 0 Å². The zero-order valence-corrected chi connectivity index (χ0v) is 16.9. The summed E-state index contributed by atoms with van der Waals surface area (Å²) in [6, 6.07) is 6.97. The number of carbonyl (C=O) groups is 2. The van der Waals surface area contributed by atoms with Crippen LogP contribution in [0.2, 0.25) is 0 Å². The highest BCUT2D eigenvalue weighted by Crippen LogP contribution is 2.33. The molecule has 9 nitrogen and oxygen atoms in total. The van der Waals surface area contributed by atoms with Crippen LogP contribution < -0.4 is 10.1 Å². The Morgan fingerprint density at radius 3 is 2.41 bits per heavy atom. The molecule has 0 atom stereocenters. The van der Waals surface area contributed by atoms with Crippen LogP contribution in [0.4, 0.5) is 5.82 Å². The maximum Gasteiger partial charge on any atom is 0.315 e. The van der Waals surface area contributed by atoms with Gasteiger partial charge in [-0.1, -0.05) is 0 Å². The predicted octanol–water partition coefficient (Wildman–Crippen LogP) is 1.26. The molecule has 3 heterocycles. The summed E-state index contributed by atoms with van der Waals surface area (Å²) < 4.78 is 30.7. The van der Waals surface area contributed by atoms with Crippen molar-refractivity contribution in [2.75, 3.05) is 25.5 Å². The number of piperidine rings is 1. The minimum atomic E-state index is -3.31. The number of benzene rings is 1. The molecule has 0 bridgehead atoms. The molecule has 1 saturated heterocycles. The number of hydrogen-bond acceptors (Lipinski definition) is 6. The Morgan fingerprint density at radius 1 is 1.07 bits per heavy atom. The van der Waals surface area contributed by atoms with E-state index in [-0.39, 0.29) is 17.3 Å². The fraction of sp³-hybridized carbons (Fsp3) is 0.421. The minimum absolute atomic E-state index is 0.186. The molecule has 10 heteroatoms. The van der Waals surface area contributed by atoms with Gasteiger partial charge in [0, 0.05) is 18.7 Å². The lowest BCUT2D eigenvalue weighted by Crippen LogP contribution is -2.42. The van der Waals surface area contributed by atoms with Crippen LogP contribution >= 0.6 is 0 Å². The lowest BCUT2D eigenvalue weighted by Gasteiger charge is -2.26. The van der Waals surface area contributed by atoms with Gasteiger partial charge in [0.25, 0.3) is 0 Å². The number of hydrogen-bond donors (Lipinski definition) is 1. The normalized spacial score (nSPS) is 17.6. The van der Waals surface area contributed by atoms with E-state index in [2.05, 4.69) is 10.4 Å². The number of aromatic nitrogens is 2. The van der Waals surface area contributed by atoms with Gasteiger partial charge in [-0.05, 0) is 43.5 Å². The van der Waals surface area contributed by atoms with Gasteiger partial charge in [-0.15, -0.1) is 0 Å². The molecule has 0 spiro atoms. The van der Waals surface area contributed by atoms with Crippen molar-refractivity contribution < 1.29 is 22.7 Å². The Labute approximate surface area is 168 Å². The topological polar surface area (TPSA) is 111 Å². The van der Waals surface area contributed by atoms with Crippen molar-refractivity contribution in [3.63, 3.8) is 0 Å². The van der Waals surface area contributed by atoms with Crippen LogP contribution in [0.25, 0.3) is 5.69 Å². The van der Waals surface area contributed by atoms with Gasteiger partial charge in [-0.25, -0.2) is 13.1 Å². The largest absolute Gasteiger partial charge is 0.497 e. The number of fused-ring (bicyclic) bond motifs is 1. The SMILES string of the molecule is COc1ccc(-n2nc3c(c2NC(=O)C(=O)N2CCCCC2)CS(=O)(=O)C3)cc1. The molecule has 0 aliphatic carbocycles. The van der Waals surface area contributed by atoms with Gasteiger partial charge in [-0.3, -0.25) is 9.59 Å².